The van der Waals surface area contributed by atoms with Gasteiger partial charge in [0.15, 0.2) is 0 Å². The van der Waals surface area contributed by atoms with E-state index in [-0.39, 0.29) is 24.3 Å². The van der Waals surface area contributed by atoms with Gasteiger partial charge in [0.05, 0.1) is 13.8 Å². The number of amides is 3. The van der Waals surface area contributed by atoms with E-state index in [1.807, 2.05) is 30.3 Å². The number of likely N-dealkylation sites (N-methyl/N-ethyl adjacent to an activating group) is 1. The molecule has 33 heavy (non-hydrogen) atoms. The zero-order chi connectivity index (χ0) is 23.6. The SMILES string of the molecule is COc1ccc(C(=O)N2CCC3(CC2)C(=O)N(CC(=O)N(C)C)CN3c2ccccc2)cc1. The fourth-order valence-corrected chi connectivity index (χ4v) is 4.62. The van der Waals surface area contributed by atoms with Crippen LogP contribution in [0.15, 0.2) is 54.6 Å². The Bertz CT molecular complexity index is 1010. The Kier molecular flexibility index (Phi) is 6.26. The van der Waals surface area contributed by atoms with E-state index in [1.54, 1.807) is 55.3 Å². The van der Waals surface area contributed by atoms with Gasteiger partial charge in [-0.15, -0.1) is 0 Å². The van der Waals surface area contributed by atoms with Crippen molar-refractivity contribution in [1.82, 2.24) is 14.7 Å². The van der Waals surface area contributed by atoms with Crippen molar-refractivity contribution in [1.29, 1.82) is 0 Å². The Hall–Kier alpha value is -3.55. The molecule has 0 aliphatic carbocycles. The van der Waals surface area contributed by atoms with Crippen LogP contribution in [0.1, 0.15) is 23.2 Å². The lowest BCUT2D eigenvalue weighted by Gasteiger charge is -2.43. The molecule has 0 unspecified atom stereocenters. The maximum atomic E-state index is 13.6. The molecule has 0 bridgehead atoms. The van der Waals surface area contributed by atoms with Gasteiger partial charge in [0, 0.05) is 38.4 Å². The van der Waals surface area contributed by atoms with Gasteiger partial charge in [-0.25, -0.2) is 0 Å². The number of likely N-dealkylation sites (tertiary alicyclic amines) is 1. The molecule has 8 nitrogen and oxygen atoms in total. The first-order chi connectivity index (χ1) is 15.9. The molecule has 2 fully saturated rings. The Labute approximate surface area is 194 Å². The number of carbonyl (C=O) groups excluding carboxylic acids is 3. The summed E-state index contributed by atoms with van der Waals surface area (Å²) in [6, 6.07) is 16.9. The van der Waals surface area contributed by atoms with Crippen molar-refractivity contribution < 1.29 is 19.1 Å². The number of piperidine rings is 1. The number of hydrogen-bond acceptors (Lipinski definition) is 5. The molecular formula is C25H30N4O4. The first-order valence-corrected chi connectivity index (χ1v) is 11.1. The van der Waals surface area contributed by atoms with Crippen molar-refractivity contribution >= 4 is 23.4 Å². The van der Waals surface area contributed by atoms with Crippen LogP contribution in [0.3, 0.4) is 0 Å². The molecule has 2 aliphatic rings. The molecule has 1 spiro atoms. The number of rotatable bonds is 5. The minimum absolute atomic E-state index is 0.0434. The first kappa shape index (κ1) is 22.6. The minimum Gasteiger partial charge on any atom is -0.497 e. The third-order valence-corrected chi connectivity index (χ3v) is 6.62. The van der Waals surface area contributed by atoms with E-state index in [4.69, 9.17) is 4.74 Å². The second-order valence-electron chi connectivity index (χ2n) is 8.75. The zero-order valence-electron chi connectivity index (χ0n) is 19.4. The van der Waals surface area contributed by atoms with E-state index >= 15 is 0 Å². The highest BCUT2D eigenvalue weighted by Gasteiger charge is 2.54. The molecule has 0 saturated carbocycles. The topological polar surface area (TPSA) is 73.4 Å². The summed E-state index contributed by atoms with van der Waals surface area (Å²) in [4.78, 5) is 46.1. The average molecular weight is 451 g/mol. The first-order valence-electron chi connectivity index (χ1n) is 11.1. The van der Waals surface area contributed by atoms with Crippen molar-refractivity contribution in [2.75, 3.05) is 52.4 Å². The summed E-state index contributed by atoms with van der Waals surface area (Å²) in [5.41, 5.74) is 0.785. The highest BCUT2D eigenvalue weighted by atomic mass is 16.5. The molecule has 0 aromatic heterocycles. The molecule has 174 valence electrons. The van der Waals surface area contributed by atoms with Crippen molar-refractivity contribution in [3.63, 3.8) is 0 Å². The highest BCUT2D eigenvalue weighted by molar-refractivity contribution is 5.97. The van der Waals surface area contributed by atoms with E-state index in [9.17, 15) is 14.4 Å². The van der Waals surface area contributed by atoms with Crippen LogP contribution in [0.25, 0.3) is 0 Å². The molecule has 0 atom stereocenters. The molecule has 2 saturated heterocycles. The second kappa shape index (κ2) is 9.13. The number of benzene rings is 2. The van der Waals surface area contributed by atoms with E-state index < -0.39 is 5.54 Å². The van der Waals surface area contributed by atoms with Gasteiger partial charge < -0.3 is 24.3 Å². The van der Waals surface area contributed by atoms with Gasteiger partial charge in [-0.3, -0.25) is 14.4 Å². The van der Waals surface area contributed by atoms with E-state index in [1.165, 1.54) is 4.90 Å². The summed E-state index contributed by atoms with van der Waals surface area (Å²) < 4.78 is 5.18. The summed E-state index contributed by atoms with van der Waals surface area (Å²) in [5.74, 6) is 0.494. The lowest BCUT2D eigenvalue weighted by molar-refractivity contribution is -0.139. The standard InChI is InChI=1S/C25H30N4O4/c1-26(2)22(30)17-28-18-29(20-7-5-4-6-8-20)25(24(28)32)13-15-27(16-14-25)23(31)19-9-11-21(33-3)12-10-19/h4-12H,13-18H2,1-3H3. The fourth-order valence-electron chi connectivity index (χ4n) is 4.62. The van der Waals surface area contributed by atoms with Crippen molar-refractivity contribution in [2.45, 2.75) is 18.4 Å². The third-order valence-electron chi connectivity index (χ3n) is 6.62. The predicted octanol–water partition coefficient (Wildman–Crippen LogP) is 2.06. The van der Waals surface area contributed by atoms with Crippen LogP contribution >= 0.6 is 0 Å². The Morgan fingerprint density at radius 2 is 1.64 bits per heavy atom. The maximum absolute atomic E-state index is 13.6. The van der Waals surface area contributed by atoms with Crippen molar-refractivity contribution in [3.8, 4) is 5.75 Å². The maximum Gasteiger partial charge on any atom is 0.253 e. The normalized spacial score (nSPS) is 17.4. The van der Waals surface area contributed by atoms with Crippen LogP contribution in [0, 0.1) is 0 Å². The number of ether oxygens (including phenoxy) is 1. The zero-order valence-corrected chi connectivity index (χ0v) is 19.4. The van der Waals surface area contributed by atoms with Crippen LogP contribution in [-0.4, -0.2) is 85.5 Å². The number of para-hydroxylation sites is 1. The summed E-state index contributed by atoms with van der Waals surface area (Å²) in [6.45, 7) is 1.34. The monoisotopic (exact) mass is 450 g/mol. The molecule has 0 N–H and O–H groups in total. The Balaban J connectivity index is 1.55. The predicted molar refractivity (Wildman–Crippen MR) is 125 cm³/mol. The van der Waals surface area contributed by atoms with Gasteiger partial charge in [-0.1, -0.05) is 18.2 Å². The second-order valence-corrected chi connectivity index (χ2v) is 8.75. The molecule has 4 rings (SSSR count). The smallest absolute Gasteiger partial charge is 0.253 e. The molecular weight excluding hydrogens is 420 g/mol. The van der Waals surface area contributed by atoms with E-state index in [2.05, 4.69) is 4.90 Å². The highest BCUT2D eigenvalue weighted by Crippen LogP contribution is 2.39. The molecule has 3 amide bonds. The third kappa shape index (κ3) is 4.25. The lowest BCUT2D eigenvalue weighted by atomic mass is 9.85. The van der Waals surface area contributed by atoms with E-state index in [0.29, 0.717) is 43.9 Å². The Morgan fingerprint density at radius 3 is 2.21 bits per heavy atom. The molecule has 2 aliphatic heterocycles. The molecule has 2 aromatic rings. The molecule has 2 heterocycles. The summed E-state index contributed by atoms with van der Waals surface area (Å²) in [6.07, 6.45) is 1.02. The number of carbonyl (C=O) groups is 3. The lowest BCUT2D eigenvalue weighted by Crippen LogP contribution is -2.57. The number of nitrogens with zero attached hydrogens (tertiary/aromatic N) is 4. The van der Waals surface area contributed by atoms with Gasteiger partial charge >= 0.3 is 0 Å². The number of anilines is 1. The van der Waals surface area contributed by atoms with E-state index in [0.717, 1.165) is 5.69 Å². The van der Waals surface area contributed by atoms with Crippen LogP contribution in [0.4, 0.5) is 5.69 Å². The van der Waals surface area contributed by atoms with Gasteiger partial charge in [0.2, 0.25) is 5.91 Å². The van der Waals surface area contributed by atoms with Crippen molar-refractivity contribution in [3.05, 3.63) is 60.2 Å². The largest absolute Gasteiger partial charge is 0.497 e. The fraction of sp³-hybridized carbons (Fsp3) is 0.400. The van der Waals surface area contributed by atoms with Gasteiger partial charge in [-0.05, 0) is 49.2 Å². The molecule has 8 heteroatoms. The number of methoxy groups -OCH3 is 1. The van der Waals surface area contributed by atoms with Crippen molar-refractivity contribution in [2.24, 2.45) is 0 Å². The summed E-state index contributed by atoms with van der Waals surface area (Å²) in [7, 11) is 4.97. The summed E-state index contributed by atoms with van der Waals surface area (Å²) in [5, 5.41) is 0. The van der Waals surface area contributed by atoms with Gasteiger partial charge in [0.25, 0.3) is 11.8 Å². The summed E-state index contributed by atoms with van der Waals surface area (Å²) >= 11 is 0. The quantitative estimate of drug-likeness (QED) is 0.697. The van der Waals surface area contributed by atoms with Crippen LogP contribution in [0.2, 0.25) is 0 Å². The minimum atomic E-state index is -0.759. The van der Waals surface area contributed by atoms with Gasteiger partial charge in [-0.2, -0.15) is 0 Å². The van der Waals surface area contributed by atoms with Crippen LogP contribution in [-0.2, 0) is 9.59 Å². The average Bonchev–Trinajstić information content (AvgIpc) is 3.10. The Morgan fingerprint density at radius 1 is 1.00 bits per heavy atom. The molecule has 0 radical (unpaired) electrons. The van der Waals surface area contributed by atoms with Crippen LogP contribution < -0.4 is 9.64 Å². The van der Waals surface area contributed by atoms with Crippen LogP contribution in [0.5, 0.6) is 5.75 Å². The molecule has 2 aromatic carbocycles. The number of hydrogen-bond donors (Lipinski definition) is 0. The van der Waals surface area contributed by atoms with Gasteiger partial charge in [0.1, 0.15) is 17.8 Å².